The third kappa shape index (κ3) is 3.84. The molecule has 1 aliphatic heterocycles. The molecule has 0 atom stereocenters. The number of amides is 2. The van der Waals surface area contributed by atoms with E-state index in [-0.39, 0.29) is 18.2 Å². The maximum absolute atomic E-state index is 11.4. The van der Waals surface area contributed by atoms with Crippen LogP contribution >= 0.6 is 11.8 Å². The summed E-state index contributed by atoms with van der Waals surface area (Å²) >= 11 is 1.55. The molecule has 5 nitrogen and oxygen atoms in total. The van der Waals surface area contributed by atoms with Gasteiger partial charge in [0, 0.05) is 30.0 Å². The molecule has 0 aromatic heterocycles. The third-order valence-electron chi connectivity index (χ3n) is 3.02. The van der Waals surface area contributed by atoms with E-state index >= 15 is 0 Å². The maximum Gasteiger partial charge on any atom is 0.307 e. The molecule has 2 amide bonds. The summed E-state index contributed by atoms with van der Waals surface area (Å²) in [6.45, 7) is 0.430. The Balaban J connectivity index is 1.81. The van der Waals surface area contributed by atoms with Gasteiger partial charge in [0.1, 0.15) is 0 Å². The third-order valence-corrected chi connectivity index (χ3v) is 4.01. The van der Waals surface area contributed by atoms with Crippen LogP contribution in [0.15, 0.2) is 29.2 Å². The van der Waals surface area contributed by atoms with E-state index in [0.29, 0.717) is 25.1 Å². The van der Waals surface area contributed by atoms with Crippen LogP contribution in [0.5, 0.6) is 0 Å². The number of nitrogens with zero attached hydrogens (tertiary/aromatic N) is 1. The smallest absolute Gasteiger partial charge is 0.307 e. The van der Waals surface area contributed by atoms with Crippen molar-refractivity contribution in [1.29, 1.82) is 0 Å². The van der Waals surface area contributed by atoms with E-state index in [4.69, 9.17) is 5.11 Å². The first-order valence-corrected chi connectivity index (χ1v) is 7.31. The van der Waals surface area contributed by atoms with Crippen LogP contribution in [0.3, 0.4) is 0 Å². The second kappa shape index (κ2) is 6.56. The van der Waals surface area contributed by atoms with Crippen molar-refractivity contribution in [1.82, 2.24) is 4.90 Å². The summed E-state index contributed by atoms with van der Waals surface area (Å²) in [7, 11) is 0. The van der Waals surface area contributed by atoms with Gasteiger partial charge in [0.05, 0.1) is 6.42 Å². The fourth-order valence-electron chi connectivity index (χ4n) is 2.01. The zero-order chi connectivity index (χ0) is 14.5. The molecule has 2 rings (SSSR count). The Hall–Kier alpha value is -1.82. The standard InChI is InChI=1S/C14H15NO4S/c16-12-5-6-13(17)15(12)7-8-20-11-3-1-10(2-4-11)9-14(18)19/h1-4H,5-9H2,(H,18,19). The van der Waals surface area contributed by atoms with Gasteiger partial charge in [-0.05, 0) is 17.7 Å². The molecule has 0 unspecified atom stereocenters. The number of carboxylic acid groups (broad SMARTS) is 1. The summed E-state index contributed by atoms with van der Waals surface area (Å²) in [5.74, 6) is -0.383. The number of hydrogen-bond acceptors (Lipinski definition) is 4. The molecule has 1 N–H and O–H groups in total. The minimum atomic E-state index is -0.850. The van der Waals surface area contributed by atoms with E-state index in [0.717, 1.165) is 10.5 Å². The molecule has 6 heteroatoms. The van der Waals surface area contributed by atoms with Crippen LogP contribution in [-0.4, -0.2) is 40.1 Å². The highest BCUT2D eigenvalue weighted by Gasteiger charge is 2.27. The number of thioether (sulfide) groups is 1. The van der Waals surface area contributed by atoms with Gasteiger partial charge in [-0.1, -0.05) is 12.1 Å². The van der Waals surface area contributed by atoms with Gasteiger partial charge in [-0.3, -0.25) is 19.3 Å². The summed E-state index contributed by atoms with van der Waals surface area (Å²) in [6.07, 6.45) is 0.669. The molecule has 0 spiro atoms. The Morgan fingerprint density at radius 3 is 2.30 bits per heavy atom. The van der Waals surface area contributed by atoms with E-state index in [1.54, 1.807) is 23.9 Å². The monoisotopic (exact) mass is 293 g/mol. The van der Waals surface area contributed by atoms with Gasteiger partial charge in [-0.15, -0.1) is 11.8 Å². The molecule has 1 aromatic rings. The predicted molar refractivity (Wildman–Crippen MR) is 74.5 cm³/mol. The largest absolute Gasteiger partial charge is 0.481 e. The molecule has 1 aliphatic rings. The number of imide groups is 1. The summed E-state index contributed by atoms with van der Waals surface area (Å²) in [5.41, 5.74) is 0.756. The van der Waals surface area contributed by atoms with Crippen LogP contribution in [0, 0.1) is 0 Å². The Morgan fingerprint density at radius 1 is 1.15 bits per heavy atom. The molecule has 0 radical (unpaired) electrons. The Bertz CT molecular complexity index is 510. The van der Waals surface area contributed by atoms with Gasteiger partial charge in [-0.2, -0.15) is 0 Å². The molecule has 0 saturated carbocycles. The second-order valence-corrected chi connectivity index (χ2v) is 5.67. The highest BCUT2D eigenvalue weighted by Crippen LogP contribution is 2.20. The van der Waals surface area contributed by atoms with Gasteiger partial charge >= 0.3 is 5.97 Å². The lowest BCUT2D eigenvalue weighted by Crippen LogP contribution is -2.31. The van der Waals surface area contributed by atoms with Crippen molar-refractivity contribution in [2.75, 3.05) is 12.3 Å². The highest BCUT2D eigenvalue weighted by atomic mass is 32.2. The molecule has 1 heterocycles. The van der Waals surface area contributed by atoms with Gasteiger partial charge in [0.2, 0.25) is 11.8 Å². The minimum Gasteiger partial charge on any atom is -0.481 e. The van der Waals surface area contributed by atoms with Gasteiger partial charge in [0.25, 0.3) is 0 Å². The summed E-state index contributed by atoms with van der Waals surface area (Å²) in [6, 6.07) is 7.28. The molecule has 20 heavy (non-hydrogen) atoms. The van der Waals surface area contributed by atoms with Crippen LogP contribution in [0.4, 0.5) is 0 Å². The second-order valence-electron chi connectivity index (χ2n) is 4.50. The van der Waals surface area contributed by atoms with Crippen LogP contribution in [-0.2, 0) is 20.8 Å². The number of aliphatic carboxylic acids is 1. The number of benzene rings is 1. The quantitative estimate of drug-likeness (QED) is 0.636. The first-order valence-electron chi connectivity index (χ1n) is 6.33. The average molecular weight is 293 g/mol. The lowest BCUT2D eigenvalue weighted by Gasteiger charge is -2.13. The topological polar surface area (TPSA) is 74.7 Å². The Morgan fingerprint density at radius 2 is 1.75 bits per heavy atom. The molecular formula is C14H15NO4S. The maximum atomic E-state index is 11.4. The number of carboxylic acids is 1. The van der Waals surface area contributed by atoms with E-state index in [2.05, 4.69) is 0 Å². The van der Waals surface area contributed by atoms with Crippen molar-refractivity contribution in [2.24, 2.45) is 0 Å². The average Bonchev–Trinajstić information content (AvgIpc) is 2.72. The molecular weight excluding hydrogens is 278 g/mol. The van der Waals surface area contributed by atoms with Crippen molar-refractivity contribution in [3.05, 3.63) is 29.8 Å². The van der Waals surface area contributed by atoms with Gasteiger partial charge in [-0.25, -0.2) is 0 Å². The molecule has 1 fully saturated rings. The number of hydrogen-bond donors (Lipinski definition) is 1. The van der Waals surface area contributed by atoms with Crippen LogP contribution in [0.1, 0.15) is 18.4 Å². The first kappa shape index (κ1) is 14.6. The summed E-state index contributed by atoms with van der Waals surface area (Å²) < 4.78 is 0. The Labute approximate surface area is 121 Å². The lowest BCUT2D eigenvalue weighted by atomic mass is 10.2. The summed E-state index contributed by atoms with van der Waals surface area (Å²) in [4.78, 5) is 35.7. The number of rotatable bonds is 6. The number of likely N-dealkylation sites (tertiary alicyclic amines) is 1. The number of carbonyl (C=O) groups is 3. The van der Waals surface area contributed by atoms with Gasteiger partial charge < -0.3 is 5.11 Å². The van der Waals surface area contributed by atoms with Crippen LogP contribution in [0.25, 0.3) is 0 Å². The lowest BCUT2D eigenvalue weighted by molar-refractivity contribution is -0.138. The molecule has 106 valence electrons. The SMILES string of the molecule is O=C(O)Cc1ccc(SCCN2C(=O)CCC2=O)cc1. The zero-order valence-corrected chi connectivity index (χ0v) is 11.7. The van der Waals surface area contributed by atoms with Crippen molar-refractivity contribution >= 4 is 29.5 Å². The summed E-state index contributed by atoms with van der Waals surface area (Å²) in [5, 5.41) is 8.67. The zero-order valence-electron chi connectivity index (χ0n) is 10.9. The minimum absolute atomic E-state index is 0.0156. The van der Waals surface area contributed by atoms with E-state index in [1.807, 2.05) is 12.1 Å². The van der Waals surface area contributed by atoms with Crippen molar-refractivity contribution in [2.45, 2.75) is 24.2 Å². The highest BCUT2D eigenvalue weighted by molar-refractivity contribution is 7.99. The predicted octanol–water partition coefficient (Wildman–Crippen LogP) is 1.55. The fraction of sp³-hybridized carbons (Fsp3) is 0.357. The number of carbonyl (C=O) groups excluding carboxylic acids is 2. The van der Waals surface area contributed by atoms with E-state index < -0.39 is 5.97 Å². The van der Waals surface area contributed by atoms with Crippen molar-refractivity contribution < 1.29 is 19.5 Å². The first-order chi connectivity index (χ1) is 9.56. The van der Waals surface area contributed by atoms with Gasteiger partial charge in [0.15, 0.2) is 0 Å². The van der Waals surface area contributed by atoms with Crippen LogP contribution < -0.4 is 0 Å². The van der Waals surface area contributed by atoms with Crippen LogP contribution in [0.2, 0.25) is 0 Å². The normalized spacial score (nSPS) is 14.9. The van der Waals surface area contributed by atoms with E-state index in [1.165, 1.54) is 4.90 Å². The van der Waals surface area contributed by atoms with Crippen molar-refractivity contribution in [3.8, 4) is 0 Å². The molecule has 1 aromatic carbocycles. The molecule has 1 saturated heterocycles. The Kier molecular flexibility index (Phi) is 4.79. The van der Waals surface area contributed by atoms with Crippen molar-refractivity contribution in [3.63, 3.8) is 0 Å². The molecule has 0 aliphatic carbocycles. The molecule has 0 bridgehead atoms. The van der Waals surface area contributed by atoms with E-state index in [9.17, 15) is 14.4 Å². The fourth-order valence-corrected chi connectivity index (χ4v) is 2.84.